The van der Waals surface area contributed by atoms with Gasteiger partial charge in [0.05, 0.1) is 20.3 Å². The minimum absolute atomic E-state index is 0.697. The first-order valence-corrected chi connectivity index (χ1v) is 8.09. The molecule has 0 aliphatic heterocycles. The van der Waals surface area contributed by atoms with Crippen molar-refractivity contribution < 1.29 is 14.8 Å². The number of hydrogen-bond donors (Lipinski definition) is 1. The van der Waals surface area contributed by atoms with Crippen LogP contribution in [-0.2, 0) is 13.0 Å². The third-order valence-electron chi connectivity index (χ3n) is 3.64. The highest BCUT2D eigenvalue weighted by atomic mass is 16.5. The van der Waals surface area contributed by atoms with Crippen LogP contribution in [0.15, 0.2) is 61.2 Å². The maximum absolute atomic E-state index is 5.84. The first-order chi connectivity index (χ1) is 11.3. The number of methoxy groups -OCH3 is 1. The van der Waals surface area contributed by atoms with Crippen molar-refractivity contribution in [2.45, 2.75) is 19.4 Å². The van der Waals surface area contributed by atoms with Crippen molar-refractivity contribution in [3.05, 3.63) is 72.3 Å². The predicted octanol–water partition coefficient (Wildman–Crippen LogP) is 2.96. The molecule has 0 atom stereocenters. The average molecular weight is 312 g/mol. The molecule has 0 unspecified atom stereocenters. The van der Waals surface area contributed by atoms with Gasteiger partial charge in [0, 0.05) is 12.0 Å². The van der Waals surface area contributed by atoms with Crippen molar-refractivity contribution >= 4 is 0 Å². The van der Waals surface area contributed by atoms with E-state index in [1.165, 1.54) is 11.1 Å². The average Bonchev–Trinajstić information content (AvgIpc) is 2.60. The SMILES string of the molecule is C=CCc1ccc(OCCC[NH2+]Cc2ccccc2)c(OC)c1. The standard InChI is InChI=1S/C20H25NO2/c1-3-8-17-11-12-19(20(15-17)22-2)23-14-7-13-21-16-18-9-5-4-6-10-18/h3-6,9-12,15,21H,1,7-8,13-14,16H2,2H3/p+1. The summed E-state index contributed by atoms with van der Waals surface area (Å²) in [5, 5.41) is 2.31. The van der Waals surface area contributed by atoms with Crippen LogP contribution in [0, 0.1) is 0 Å². The molecule has 0 heterocycles. The summed E-state index contributed by atoms with van der Waals surface area (Å²) in [5.41, 5.74) is 2.54. The van der Waals surface area contributed by atoms with Gasteiger partial charge in [0.1, 0.15) is 6.54 Å². The zero-order valence-corrected chi connectivity index (χ0v) is 13.8. The molecule has 0 saturated heterocycles. The van der Waals surface area contributed by atoms with Crippen LogP contribution in [0.1, 0.15) is 17.5 Å². The zero-order valence-electron chi connectivity index (χ0n) is 13.8. The minimum Gasteiger partial charge on any atom is -0.493 e. The molecule has 23 heavy (non-hydrogen) atoms. The van der Waals surface area contributed by atoms with Gasteiger partial charge in [-0.1, -0.05) is 42.5 Å². The van der Waals surface area contributed by atoms with E-state index in [2.05, 4.69) is 42.2 Å². The summed E-state index contributed by atoms with van der Waals surface area (Å²) in [7, 11) is 1.67. The van der Waals surface area contributed by atoms with Crippen molar-refractivity contribution in [1.29, 1.82) is 0 Å². The van der Waals surface area contributed by atoms with E-state index in [4.69, 9.17) is 9.47 Å². The van der Waals surface area contributed by atoms with Gasteiger partial charge in [0.15, 0.2) is 11.5 Å². The zero-order chi connectivity index (χ0) is 16.3. The van der Waals surface area contributed by atoms with Crippen molar-refractivity contribution in [3.8, 4) is 11.5 Å². The maximum atomic E-state index is 5.84. The molecule has 2 N–H and O–H groups in total. The molecule has 0 aromatic heterocycles. The fraction of sp³-hybridized carbons (Fsp3) is 0.300. The summed E-state index contributed by atoms with van der Waals surface area (Å²) >= 11 is 0. The van der Waals surface area contributed by atoms with Gasteiger partial charge in [0.25, 0.3) is 0 Å². The summed E-state index contributed by atoms with van der Waals surface area (Å²) in [5.74, 6) is 1.60. The second kappa shape index (κ2) is 9.70. The fourth-order valence-electron chi connectivity index (χ4n) is 2.42. The smallest absolute Gasteiger partial charge is 0.161 e. The maximum Gasteiger partial charge on any atom is 0.161 e. The summed E-state index contributed by atoms with van der Waals surface area (Å²) in [6.45, 7) is 6.52. The molecule has 0 spiro atoms. The second-order valence-corrected chi connectivity index (χ2v) is 5.45. The normalized spacial score (nSPS) is 10.3. The summed E-state index contributed by atoms with van der Waals surface area (Å²) in [6.07, 6.45) is 3.73. The van der Waals surface area contributed by atoms with E-state index >= 15 is 0 Å². The van der Waals surface area contributed by atoms with Crippen molar-refractivity contribution in [2.75, 3.05) is 20.3 Å². The lowest BCUT2D eigenvalue weighted by molar-refractivity contribution is -0.671. The van der Waals surface area contributed by atoms with E-state index in [9.17, 15) is 0 Å². The lowest BCUT2D eigenvalue weighted by Crippen LogP contribution is -2.82. The van der Waals surface area contributed by atoms with E-state index in [1.54, 1.807) is 7.11 Å². The molecule has 0 radical (unpaired) electrons. The van der Waals surface area contributed by atoms with Crippen LogP contribution in [0.3, 0.4) is 0 Å². The minimum atomic E-state index is 0.697. The van der Waals surface area contributed by atoms with E-state index < -0.39 is 0 Å². The van der Waals surface area contributed by atoms with Crippen LogP contribution in [0.25, 0.3) is 0 Å². The number of benzene rings is 2. The number of ether oxygens (including phenoxy) is 2. The van der Waals surface area contributed by atoms with Crippen LogP contribution < -0.4 is 14.8 Å². The van der Waals surface area contributed by atoms with Gasteiger partial charge in [-0.15, -0.1) is 6.58 Å². The molecule has 3 heteroatoms. The third-order valence-corrected chi connectivity index (χ3v) is 3.64. The van der Waals surface area contributed by atoms with Gasteiger partial charge in [-0.3, -0.25) is 0 Å². The van der Waals surface area contributed by atoms with Crippen LogP contribution in [0.4, 0.5) is 0 Å². The van der Waals surface area contributed by atoms with Crippen LogP contribution in [0.5, 0.6) is 11.5 Å². The Morgan fingerprint density at radius 3 is 2.61 bits per heavy atom. The molecule has 2 aromatic carbocycles. The fourth-order valence-corrected chi connectivity index (χ4v) is 2.42. The molecular weight excluding hydrogens is 286 g/mol. The van der Waals surface area contributed by atoms with E-state index in [0.29, 0.717) is 6.61 Å². The first kappa shape index (κ1) is 17.1. The summed E-state index contributed by atoms with van der Waals surface area (Å²) in [4.78, 5) is 0. The van der Waals surface area contributed by atoms with Crippen molar-refractivity contribution in [3.63, 3.8) is 0 Å². The highest BCUT2D eigenvalue weighted by molar-refractivity contribution is 5.43. The number of hydrogen-bond acceptors (Lipinski definition) is 2. The Bertz CT molecular complexity index is 596. The Morgan fingerprint density at radius 1 is 1.04 bits per heavy atom. The van der Waals surface area contributed by atoms with Crippen LogP contribution in [0.2, 0.25) is 0 Å². The summed E-state index contributed by atoms with van der Waals surface area (Å²) in [6, 6.07) is 16.6. The Balaban J connectivity index is 1.70. The van der Waals surface area contributed by atoms with Gasteiger partial charge in [-0.25, -0.2) is 0 Å². The molecule has 0 fully saturated rings. The third kappa shape index (κ3) is 5.80. The molecule has 0 bridgehead atoms. The van der Waals surface area contributed by atoms with E-state index in [0.717, 1.165) is 37.4 Å². The quantitative estimate of drug-likeness (QED) is 0.541. The van der Waals surface area contributed by atoms with Crippen molar-refractivity contribution in [2.24, 2.45) is 0 Å². The molecule has 2 rings (SSSR count). The van der Waals surface area contributed by atoms with Gasteiger partial charge in [-0.2, -0.15) is 0 Å². The lowest BCUT2D eigenvalue weighted by Gasteiger charge is -2.11. The Kier molecular flexibility index (Phi) is 7.21. The predicted molar refractivity (Wildman–Crippen MR) is 93.9 cm³/mol. The van der Waals surface area contributed by atoms with Gasteiger partial charge in [-0.05, 0) is 24.1 Å². The second-order valence-electron chi connectivity index (χ2n) is 5.45. The van der Waals surface area contributed by atoms with Gasteiger partial charge in [0.2, 0.25) is 0 Å². The monoisotopic (exact) mass is 312 g/mol. The molecule has 0 aliphatic carbocycles. The number of quaternary nitrogens is 1. The first-order valence-electron chi connectivity index (χ1n) is 8.09. The Labute approximate surface area is 138 Å². The van der Waals surface area contributed by atoms with Crippen LogP contribution >= 0.6 is 0 Å². The molecular formula is C20H26NO2+. The summed E-state index contributed by atoms with van der Waals surface area (Å²) < 4.78 is 11.2. The highest BCUT2D eigenvalue weighted by Crippen LogP contribution is 2.28. The molecule has 122 valence electrons. The number of nitrogens with two attached hydrogens (primary N) is 1. The van der Waals surface area contributed by atoms with Gasteiger partial charge < -0.3 is 14.8 Å². The van der Waals surface area contributed by atoms with Crippen LogP contribution in [-0.4, -0.2) is 20.3 Å². The number of rotatable bonds is 10. The molecule has 0 saturated carbocycles. The van der Waals surface area contributed by atoms with E-state index in [-0.39, 0.29) is 0 Å². The Morgan fingerprint density at radius 2 is 1.87 bits per heavy atom. The largest absolute Gasteiger partial charge is 0.493 e. The van der Waals surface area contributed by atoms with Crippen molar-refractivity contribution in [1.82, 2.24) is 0 Å². The molecule has 0 amide bonds. The van der Waals surface area contributed by atoms with Gasteiger partial charge >= 0.3 is 0 Å². The highest BCUT2D eigenvalue weighted by Gasteiger charge is 2.05. The molecule has 0 aliphatic rings. The number of allylic oxidation sites excluding steroid dienone is 1. The van der Waals surface area contributed by atoms with E-state index in [1.807, 2.05) is 24.3 Å². The molecule has 3 nitrogen and oxygen atoms in total. The Hall–Kier alpha value is -2.26. The molecule has 2 aromatic rings. The topological polar surface area (TPSA) is 35.1 Å². The lowest BCUT2D eigenvalue weighted by atomic mass is 10.1.